The van der Waals surface area contributed by atoms with Gasteiger partial charge >= 0.3 is 0 Å². The van der Waals surface area contributed by atoms with E-state index >= 15 is 0 Å². The van der Waals surface area contributed by atoms with Crippen molar-refractivity contribution in [2.45, 2.75) is 28.7 Å². The van der Waals surface area contributed by atoms with Crippen LogP contribution in [0.3, 0.4) is 0 Å². The second-order valence-electron chi connectivity index (χ2n) is 6.03. The van der Waals surface area contributed by atoms with Crippen molar-refractivity contribution in [3.05, 3.63) is 59.4 Å². The molecule has 0 N–H and O–H groups in total. The number of halogens is 1. The number of hydrogen-bond donors (Lipinski definition) is 0. The van der Waals surface area contributed by atoms with Crippen LogP contribution >= 0.6 is 46.5 Å². The monoisotopic (exact) mass is 462 g/mol. The molecule has 0 radical (unpaired) electrons. The number of ether oxygens (including phenoxy) is 1. The zero-order chi connectivity index (χ0) is 20.1. The summed E-state index contributed by atoms with van der Waals surface area (Å²) >= 11 is 11.1. The van der Waals surface area contributed by atoms with E-state index in [1.165, 1.54) is 4.70 Å². The molecule has 0 saturated carbocycles. The third kappa shape index (κ3) is 5.25. The van der Waals surface area contributed by atoms with Crippen molar-refractivity contribution in [2.75, 3.05) is 12.4 Å². The minimum absolute atomic E-state index is 0.581. The lowest BCUT2D eigenvalue weighted by atomic mass is 10.3. The van der Waals surface area contributed by atoms with Crippen LogP contribution in [0.25, 0.3) is 10.2 Å². The van der Waals surface area contributed by atoms with Crippen LogP contribution in [0.5, 0.6) is 5.75 Å². The van der Waals surface area contributed by atoms with Crippen LogP contribution in [0.1, 0.15) is 12.7 Å². The minimum Gasteiger partial charge on any atom is -0.493 e. The summed E-state index contributed by atoms with van der Waals surface area (Å²) in [5.74, 6) is 3.29. The average Bonchev–Trinajstić information content (AvgIpc) is 3.32. The molecule has 2 aromatic heterocycles. The number of para-hydroxylation sites is 1. The Morgan fingerprint density at radius 2 is 2.00 bits per heavy atom. The van der Waals surface area contributed by atoms with Gasteiger partial charge in [0, 0.05) is 17.3 Å². The molecule has 0 saturated heterocycles. The third-order valence-corrected chi connectivity index (χ3v) is 7.43. The lowest BCUT2D eigenvalue weighted by molar-refractivity contribution is 0.344. The summed E-state index contributed by atoms with van der Waals surface area (Å²) in [7, 11) is 0. The summed E-state index contributed by atoms with van der Waals surface area (Å²) < 4.78 is 10.2. The summed E-state index contributed by atoms with van der Waals surface area (Å²) in [5, 5.41) is 10.4. The third-order valence-electron chi connectivity index (χ3n) is 4.09. The molecule has 0 spiro atoms. The molecule has 2 aromatic carbocycles. The first-order chi connectivity index (χ1) is 14.2. The molecule has 0 fully saturated rings. The molecule has 0 aliphatic carbocycles. The van der Waals surface area contributed by atoms with Gasteiger partial charge in [-0.3, -0.25) is 0 Å². The lowest BCUT2D eigenvalue weighted by Crippen LogP contribution is -2.04. The smallest absolute Gasteiger partial charge is 0.191 e. The van der Waals surface area contributed by atoms with Crippen molar-refractivity contribution in [1.29, 1.82) is 0 Å². The Morgan fingerprint density at radius 1 is 1.10 bits per heavy atom. The zero-order valence-corrected chi connectivity index (χ0v) is 19.0. The van der Waals surface area contributed by atoms with Gasteiger partial charge in [0.2, 0.25) is 0 Å². The van der Waals surface area contributed by atoms with E-state index in [0.717, 1.165) is 44.6 Å². The van der Waals surface area contributed by atoms with Crippen LogP contribution < -0.4 is 4.74 Å². The van der Waals surface area contributed by atoms with Crippen molar-refractivity contribution in [3.63, 3.8) is 0 Å². The number of fused-ring (bicyclic) bond motifs is 1. The maximum absolute atomic E-state index is 5.98. The zero-order valence-electron chi connectivity index (χ0n) is 15.7. The van der Waals surface area contributed by atoms with Gasteiger partial charge < -0.3 is 9.30 Å². The summed E-state index contributed by atoms with van der Waals surface area (Å²) in [5.41, 5.74) is 1.05. The summed E-state index contributed by atoms with van der Waals surface area (Å²) in [6, 6.07) is 15.7. The van der Waals surface area contributed by atoms with Gasteiger partial charge in [-0.15, -0.1) is 21.5 Å². The predicted molar refractivity (Wildman–Crippen MR) is 123 cm³/mol. The highest BCUT2D eigenvalue weighted by Crippen LogP contribution is 2.31. The molecule has 150 valence electrons. The number of thiazole rings is 1. The molecule has 0 amide bonds. The van der Waals surface area contributed by atoms with E-state index in [-0.39, 0.29) is 0 Å². The van der Waals surface area contributed by atoms with Crippen molar-refractivity contribution in [3.8, 4) is 5.75 Å². The summed E-state index contributed by atoms with van der Waals surface area (Å²) in [6.45, 7) is 3.53. The number of hydrogen-bond acceptors (Lipinski definition) is 7. The molecule has 0 bridgehead atoms. The Morgan fingerprint density at radius 3 is 2.83 bits per heavy atom. The van der Waals surface area contributed by atoms with Crippen LogP contribution in [0.2, 0.25) is 5.02 Å². The van der Waals surface area contributed by atoms with Gasteiger partial charge in [-0.05, 0) is 37.3 Å². The van der Waals surface area contributed by atoms with Gasteiger partial charge in [0.05, 0.1) is 22.6 Å². The lowest BCUT2D eigenvalue weighted by Gasteiger charge is -2.08. The van der Waals surface area contributed by atoms with E-state index in [4.69, 9.17) is 16.3 Å². The number of benzene rings is 2. The first-order valence-corrected chi connectivity index (χ1v) is 12.3. The van der Waals surface area contributed by atoms with E-state index < -0.39 is 0 Å². The Hall–Kier alpha value is -1.74. The standard InChI is InChI=1S/C20H19ClN4OS3/c1-2-25-18(13-28-20-22-16-8-3-4-9-17(16)29-20)23-24-19(25)27-11-10-26-15-7-5-6-14(21)12-15/h3-9,12H,2,10-11,13H2,1H3. The van der Waals surface area contributed by atoms with Gasteiger partial charge in [0.1, 0.15) is 11.6 Å². The van der Waals surface area contributed by atoms with Crippen molar-refractivity contribution in [1.82, 2.24) is 19.7 Å². The Bertz CT molecular complexity index is 1070. The normalized spacial score (nSPS) is 11.2. The number of nitrogens with zero attached hydrogens (tertiary/aromatic N) is 4. The maximum atomic E-state index is 5.98. The van der Waals surface area contributed by atoms with Gasteiger partial charge in [-0.1, -0.05) is 53.3 Å². The quantitative estimate of drug-likeness (QED) is 0.224. The Kier molecular flexibility index (Phi) is 6.97. The van der Waals surface area contributed by atoms with E-state index in [1.807, 2.05) is 42.5 Å². The molecule has 0 aliphatic heterocycles. The molecule has 4 rings (SSSR count). The van der Waals surface area contributed by atoms with Crippen molar-refractivity contribution < 1.29 is 4.74 Å². The van der Waals surface area contributed by atoms with Crippen LogP contribution in [0.4, 0.5) is 0 Å². The molecular weight excluding hydrogens is 444 g/mol. The van der Waals surface area contributed by atoms with Crippen LogP contribution in [0.15, 0.2) is 58.0 Å². The molecule has 4 aromatic rings. The fourth-order valence-electron chi connectivity index (χ4n) is 2.74. The first kappa shape index (κ1) is 20.5. The topological polar surface area (TPSA) is 52.8 Å². The second-order valence-corrected chi connectivity index (χ2v) is 9.79. The minimum atomic E-state index is 0.581. The number of rotatable bonds is 9. The van der Waals surface area contributed by atoms with Gasteiger partial charge in [-0.25, -0.2) is 4.98 Å². The molecule has 0 atom stereocenters. The molecule has 9 heteroatoms. The fourth-order valence-corrected chi connectivity index (χ4v) is 5.76. The largest absolute Gasteiger partial charge is 0.493 e. The van der Waals surface area contributed by atoms with Gasteiger partial charge in [-0.2, -0.15) is 0 Å². The Balaban J connectivity index is 1.32. The van der Waals surface area contributed by atoms with Crippen LogP contribution in [0, 0.1) is 0 Å². The predicted octanol–water partition coefficient (Wildman–Crippen LogP) is 6.02. The highest BCUT2D eigenvalue weighted by atomic mass is 35.5. The second kappa shape index (κ2) is 9.84. The van der Waals surface area contributed by atoms with E-state index in [0.29, 0.717) is 11.6 Å². The molecule has 0 unspecified atom stereocenters. The SMILES string of the molecule is CCn1c(CSc2nc3ccccc3s2)nnc1SCCOc1cccc(Cl)c1. The van der Waals surface area contributed by atoms with E-state index in [2.05, 4.69) is 32.7 Å². The summed E-state index contributed by atoms with van der Waals surface area (Å²) in [4.78, 5) is 4.68. The molecule has 29 heavy (non-hydrogen) atoms. The number of thioether (sulfide) groups is 2. The fraction of sp³-hybridized carbons (Fsp3) is 0.250. The Labute approximate surface area is 186 Å². The molecule has 5 nitrogen and oxygen atoms in total. The van der Waals surface area contributed by atoms with Gasteiger partial charge in [0.25, 0.3) is 0 Å². The van der Waals surface area contributed by atoms with E-state index in [9.17, 15) is 0 Å². The number of aromatic nitrogens is 4. The first-order valence-electron chi connectivity index (χ1n) is 9.14. The maximum Gasteiger partial charge on any atom is 0.191 e. The average molecular weight is 463 g/mol. The molecular formula is C20H19ClN4OS3. The molecule has 2 heterocycles. The van der Waals surface area contributed by atoms with Crippen LogP contribution in [-0.2, 0) is 12.3 Å². The van der Waals surface area contributed by atoms with Gasteiger partial charge in [0.15, 0.2) is 9.50 Å². The van der Waals surface area contributed by atoms with Crippen LogP contribution in [-0.4, -0.2) is 32.1 Å². The van der Waals surface area contributed by atoms with Crippen molar-refractivity contribution >= 4 is 56.7 Å². The van der Waals surface area contributed by atoms with Crippen molar-refractivity contribution in [2.24, 2.45) is 0 Å². The highest BCUT2D eigenvalue weighted by molar-refractivity contribution is 8.00. The highest BCUT2D eigenvalue weighted by Gasteiger charge is 2.13. The molecule has 0 aliphatic rings. The summed E-state index contributed by atoms with van der Waals surface area (Å²) in [6.07, 6.45) is 0. The van der Waals surface area contributed by atoms with E-state index in [1.54, 1.807) is 34.9 Å².